The molecule has 4 atom stereocenters. The average Bonchev–Trinajstić information content (AvgIpc) is 2.77. The number of halogens is 6. The lowest BCUT2D eigenvalue weighted by molar-refractivity contribution is -0.195. The third-order valence-corrected chi connectivity index (χ3v) is 7.59. The van der Waals surface area contributed by atoms with Gasteiger partial charge in [0, 0.05) is 32.7 Å². The van der Waals surface area contributed by atoms with Gasteiger partial charge in [0.25, 0.3) is 0 Å². The van der Waals surface area contributed by atoms with Crippen LogP contribution in [0.3, 0.4) is 0 Å². The number of alkyl halides is 6. The van der Waals surface area contributed by atoms with Crippen LogP contribution in [0.2, 0.25) is 0 Å². The number of piperidine rings is 1. The van der Waals surface area contributed by atoms with Gasteiger partial charge >= 0.3 is 12.4 Å². The van der Waals surface area contributed by atoms with E-state index in [2.05, 4.69) is 0 Å². The average molecular weight is 594 g/mol. The molecule has 238 valence electrons. The molecule has 13 heteroatoms. The van der Waals surface area contributed by atoms with Crippen LogP contribution in [-0.4, -0.2) is 108 Å². The van der Waals surface area contributed by atoms with Crippen molar-refractivity contribution in [3.05, 3.63) is 0 Å². The Balaban J connectivity index is 0.000000743. The zero-order valence-corrected chi connectivity index (χ0v) is 24.0. The molecular formula is C27H49F6N3O4. The van der Waals surface area contributed by atoms with Crippen molar-refractivity contribution >= 4 is 11.8 Å². The monoisotopic (exact) mass is 593 g/mol. The fraction of sp³-hybridized carbons (Fsp3) is 0.926. The van der Waals surface area contributed by atoms with Gasteiger partial charge in [-0.3, -0.25) is 14.5 Å². The van der Waals surface area contributed by atoms with Gasteiger partial charge in [-0.2, -0.15) is 26.3 Å². The second-order valence-corrected chi connectivity index (χ2v) is 12.7. The van der Waals surface area contributed by atoms with Gasteiger partial charge in [0.15, 0.2) is 0 Å². The predicted octanol–water partition coefficient (Wildman–Crippen LogP) is 4.42. The number of piperazine rings is 1. The number of rotatable bonds is 4. The molecule has 0 aliphatic carbocycles. The van der Waals surface area contributed by atoms with Crippen LogP contribution >= 0.6 is 0 Å². The number of hydrogen-bond acceptors (Lipinski definition) is 5. The van der Waals surface area contributed by atoms with Crippen LogP contribution in [0, 0.1) is 28.6 Å². The first-order valence-corrected chi connectivity index (χ1v) is 13.2. The Hall–Kier alpha value is -1.60. The SMILES string of the molecule is C.CC(C)(C)C(CO)C(=O)N1CCCC(C(F)(F)F)C1.CN1CCN(C(=O)C(CO)C(C)(C)C)CC1C(F)(F)F. The summed E-state index contributed by atoms with van der Waals surface area (Å²) in [4.78, 5) is 28.3. The molecule has 2 heterocycles. The predicted molar refractivity (Wildman–Crippen MR) is 141 cm³/mol. The number of nitrogens with zero attached hydrogens (tertiary/aromatic N) is 3. The number of aliphatic hydroxyl groups is 2. The van der Waals surface area contributed by atoms with E-state index in [1.807, 2.05) is 0 Å². The lowest BCUT2D eigenvalue weighted by atomic mass is 9.80. The fourth-order valence-electron chi connectivity index (χ4n) is 4.76. The van der Waals surface area contributed by atoms with E-state index >= 15 is 0 Å². The van der Waals surface area contributed by atoms with Gasteiger partial charge in [0.1, 0.15) is 6.04 Å². The minimum Gasteiger partial charge on any atom is -0.396 e. The van der Waals surface area contributed by atoms with Crippen molar-refractivity contribution in [2.45, 2.75) is 80.2 Å². The Morgan fingerprint density at radius 1 is 0.750 bits per heavy atom. The molecule has 2 amide bonds. The summed E-state index contributed by atoms with van der Waals surface area (Å²) in [6, 6.07) is -1.64. The maximum Gasteiger partial charge on any atom is 0.405 e. The van der Waals surface area contributed by atoms with E-state index in [1.165, 1.54) is 21.7 Å². The third kappa shape index (κ3) is 10.7. The normalized spacial score (nSPS) is 23.0. The Labute approximate surface area is 234 Å². The molecule has 0 aromatic carbocycles. The number of carbonyl (C=O) groups excluding carboxylic acids is 2. The maximum atomic E-state index is 12.9. The number of carbonyl (C=O) groups is 2. The number of likely N-dealkylation sites (tertiary alicyclic amines) is 1. The van der Waals surface area contributed by atoms with Crippen LogP contribution in [0.5, 0.6) is 0 Å². The second-order valence-electron chi connectivity index (χ2n) is 12.7. The molecule has 40 heavy (non-hydrogen) atoms. The smallest absolute Gasteiger partial charge is 0.396 e. The van der Waals surface area contributed by atoms with E-state index < -0.39 is 52.9 Å². The Morgan fingerprint density at radius 2 is 1.18 bits per heavy atom. The highest BCUT2D eigenvalue weighted by Gasteiger charge is 2.47. The van der Waals surface area contributed by atoms with Gasteiger partial charge in [0.2, 0.25) is 11.8 Å². The highest BCUT2D eigenvalue weighted by Crippen LogP contribution is 2.35. The molecule has 2 fully saturated rings. The van der Waals surface area contributed by atoms with Crippen molar-refractivity contribution in [2.75, 3.05) is 53.0 Å². The van der Waals surface area contributed by atoms with E-state index in [9.17, 15) is 46.1 Å². The summed E-state index contributed by atoms with van der Waals surface area (Å²) >= 11 is 0. The standard InChI is InChI=1S/C13H23F3N2O2.C13H22F3NO2.CH4/c1-12(2,3)9(8-19)11(20)18-6-5-17(4)10(7-18)13(14,15)16;1-12(2,3)10(8-18)11(19)17-6-4-5-9(7-17)13(14,15)16;/h9-10,19H,5-8H2,1-4H3;9-10,18H,4-8H2,1-3H3;1H4. The Kier molecular flexibility index (Phi) is 13.9. The largest absolute Gasteiger partial charge is 0.405 e. The lowest BCUT2D eigenvalue weighted by Gasteiger charge is -2.42. The Morgan fingerprint density at radius 3 is 1.52 bits per heavy atom. The van der Waals surface area contributed by atoms with Gasteiger partial charge in [-0.25, -0.2) is 0 Å². The maximum absolute atomic E-state index is 12.9. The summed E-state index contributed by atoms with van der Waals surface area (Å²) in [5.41, 5.74) is -0.945. The molecule has 2 saturated heterocycles. The van der Waals surface area contributed by atoms with Crippen molar-refractivity contribution in [3.8, 4) is 0 Å². The molecule has 4 unspecified atom stereocenters. The van der Waals surface area contributed by atoms with Gasteiger partial charge in [-0.15, -0.1) is 0 Å². The van der Waals surface area contributed by atoms with E-state index in [1.54, 1.807) is 41.5 Å². The van der Waals surface area contributed by atoms with E-state index in [-0.39, 0.29) is 59.1 Å². The molecule has 0 saturated carbocycles. The number of likely N-dealkylation sites (N-methyl/N-ethyl adjacent to an activating group) is 1. The first-order chi connectivity index (χ1) is 17.6. The molecule has 0 radical (unpaired) electrons. The summed E-state index contributed by atoms with van der Waals surface area (Å²) in [5.74, 6) is -3.55. The minimum absolute atomic E-state index is 0. The first kappa shape index (κ1) is 38.4. The number of hydrogen-bond donors (Lipinski definition) is 2. The van der Waals surface area contributed by atoms with Gasteiger partial charge in [0.05, 0.1) is 31.0 Å². The molecule has 7 nitrogen and oxygen atoms in total. The Bertz CT molecular complexity index is 808. The summed E-state index contributed by atoms with van der Waals surface area (Å²) in [6.45, 7) is 10.2. The van der Waals surface area contributed by atoms with Crippen LogP contribution in [0.4, 0.5) is 26.3 Å². The minimum atomic E-state index is -4.36. The number of aliphatic hydroxyl groups excluding tert-OH is 2. The van der Waals surface area contributed by atoms with Crippen molar-refractivity contribution < 1.29 is 46.1 Å². The quantitative estimate of drug-likeness (QED) is 0.472. The van der Waals surface area contributed by atoms with Crippen LogP contribution in [0.1, 0.15) is 61.8 Å². The molecule has 0 bridgehead atoms. The zero-order valence-electron chi connectivity index (χ0n) is 24.0. The molecule has 2 N–H and O–H groups in total. The molecule has 0 spiro atoms. The highest BCUT2D eigenvalue weighted by molar-refractivity contribution is 5.80. The van der Waals surface area contributed by atoms with Crippen molar-refractivity contribution in [3.63, 3.8) is 0 Å². The van der Waals surface area contributed by atoms with E-state index in [0.717, 1.165) is 0 Å². The first-order valence-electron chi connectivity index (χ1n) is 13.2. The lowest BCUT2D eigenvalue weighted by Crippen LogP contribution is -2.60. The molecule has 2 aliphatic heterocycles. The van der Waals surface area contributed by atoms with Crippen molar-refractivity contribution in [2.24, 2.45) is 28.6 Å². The van der Waals surface area contributed by atoms with Crippen LogP contribution < -0.4 is 0 Å². The van der Waals surface area contributed by atoms with Gasteiger partial charge < -0.3 is 20.0 Å². The van der Waals surface area contributed by atoms with Gasteiger partial charge in [-0.1, -0.05) is 49.0 Å². The van der Waals surface area contributed by atoms with Crippen LogP contribution in [-0.2, 0) is 9.59 Å². The van der Waals surface area contributed by atoms with Gasteiger partial charge in [-0.05, 0) is 30.7 Å². The zero-order chi connectivity index (χ0) is 30.6. The molecular weight excluding hydrogens is 544 g/mol. The van der Waals surface area contributed by atoms with Crippen molar-refractivity contribution in [1.82, 2.24) is 14.7 Å². The van der Waals surface area contributed by atoms with Crippen LogP contribution in [0.25, 0.3) is 0 Å². The number of amides is 2. The van der Waals surface area contributed by atoms with E-state index in [0.29, 0.717) is 13.0 Å². The van der Waals surface area contributed by atoms with Crippen molar-refractivity contribution in [1.29, 1.82) is 0 Å². The highest BCUT2D eigenvalue weighted by atomic mass is 19.4. The molecule has 2 aliphatic rings. The summed E-state index contributed by atoms with van der Waals surface area (Å²) in [6.07, 6.45) is -8.18. The molecule has 0 aromatic heterocycles. The molecule has 2 rings (SSSR count). The van der Waals surface area contributed by atoms with E-state index in [4.69, 9.17) is 0 Å². The van der Waals surface area contributed by atoms with Crippen LogP contribution in [0.15, 0.2) is 0 Å². The third-order valence-electron chi connectivity index (χ3n) is 7.59. The fourth-order valence-corrected chi connectivity index (χ4v) is 4.76. The summed E-state index contributed by atoms with van der Waals surface area (Å²) < 4.78 is 76.9. The topological polar surface area (TPSA) is 84.3 Å². The molecule has 0 aromatic rings. The second kappa shape index (κ2) is 14.5. The summed E-state index contributed by atoms with van der Waals surface area (Å²) in [5, 5.41) is 18.7. The summed E-state index contributed by atoms with van der Waals surface area (Å²) in [7, 11) is 1.41.